The topological polar surface area (TPSA) is 26.0 Å². The molecule has 1 atom stereocenters. The van der Waals surface area contributed by atoms with Gasteiger partial charge in [-0.25, -0.2) is 0 Å². The minimum absolute atomic E-state index is 0.417. The molecule has 0 aliphatic heterocycles. The fourth-order valence-electron chi connectivity index (χ4n) is 2.68. The summed E-state index contributed by atoms with van der Waals surface area (Å²) in [7, 11) is 0. The molecule has 0 bridgehead atoms. The van der Waals surface area contributed by atoms with Crippen molar-refractivity contribution in [2.45, 2.75) is 57.4 Å². The van der Waals surface area contributed by atoms with Crippen LogP contribution in [0.2, 0.25) is 0 Å². The third-order valence-corrected chi connectivity index (χ3v) is 4.54. The smallest absolute Gasteiger partial charge is 0.00421 e. The summed E-state index contributed by atoms with van der Waals surface area (Å²) in [5, 5.41) is 4.39. The summed E-state index contributed by atoms with van der Waals surface area (Å²) in [5.74, 6) is 0.993. The van der Waals surface area contributed by atoms with Crippen molar-refractivity contribution in [3.63, 3.8) is 0 Å². The predicted molar refractivity (Wildman–Crippen MR) is 71.8 cm³/mol. The second kappa shape index (κ2) is 6.41. The van der Waals surface area contributed by atoms with Crippen LogP contribution >= 0.6 is 11.3 Å². The largest absolute Gasteiger partial charge is 0.328 e. The lowest BCUT2D eigenvalue weighted by atomic mass is 9.96. The van der Waals surface area contributed by atoms with E-state index in [1.54, 1.807) is 11.3 Å². The molecule has 0 spiro atoms. The zero-order valence-electron chi connectivity index (χ0n) is 10.0. The molecule has 1 unspecified atom stereocenters. The zero-order valence-corrected chi connectivity index (χ0v) is 10.8. The van der Waals surface area contributed by atoms with E-state index in [4.69, 9.17) is 5.73 Å². The van der Waals surface area contributed by atoms with Crippen LogP contribution in [0.15, 0.2) is 16.8 Å². The molecule has 1 nitrogen and oxygen atoms in total. The Kier molecular flexibility index (Phi) is 4.86. The van der Waals surface area contributed by atoms with Gasteiger partial charge in [-0.3, -0.25) is 0 Å². The summed E-state index contributed by atoms with van der Waals surface area (Å²) in [5.41, 5.74) is 7.63. The number of hydrogen-bond acceptors (Lipinski definition) is 2. The van der Waals surface area contributed by atoms with Crippen LogP contribution < -0.4 is 5.73 Å². The van der Waals surface area contributed by atoms with Crippen molar-refractivity contribution in [1.82, 2.24) is 0 Å². The first kappa shape index (κ1) is 12.1. The summed E-state index contributed by atoms with van der Waals surface area (Å²) >= 11 is 1.78. The van der Waals surface area contributed by atoms with Crippen LogP contribution in [0.5, 0.6) is 0 Å². The minimum Gasteiger partial charge on any atom is -0.328 e. The molecule has 0 amide bonds. The van der Waals surface area contributed by atoms with E-state index in [0.717, 1.165) is 18.8 Å². The lowest BCUT2D eigenvalue weighted by molar-refractivity contribution is 0.437. The average molecular weight is 237 g/mol. The number of rotatable bonds is 6. The maximum absolute atomic E-state index is 6.17. The van der Waals surface area contributed by atoms with Gasteiger partial charge in [0.05, 0.1) is 0 Å². The van der Waals surface area contributed by atoms with Gasteiger partial charge in [0.15, 0.2) is 0 Å². The predicted octanol–water partition coefficient (Wildman–Crippen LogP) is 3.98. The van der Waals surface area contributed by atoms with Crippen molar-refractivity contribution in [1.29, 1.82) is 0 Å². The Bertz CT molecular complexity index is 275. The molecule has 2 rings (SSSR count). The molecule has 2 heteroatoms. The van der Waals surface area contributed by atoms with Gasteiger partial charge in [0.2, 0.25) is 0 Å². The van der Waals surface area contributed by atoms with Crippen LogP contribution in [0.3, 0.4) is 0 Å². The summed E-state index contributed by atoms with van der Waals surface area (Å²) < 4.78 is 0. The van der Waals surface area contributed by atoms with Crippen molar-refractivity contribution < 1.29 is 0 Å². The van der Waals surface area contributed by atoms with E-state index in [1.807, 2.05) is 0 Å². The fraction of sp³-hybridized carbons (Fsp3) is 0.714. The first-order valence-electron chi connectivity index (χ1n) is 6.61. The van der Waals surface area contributed by atoms with Gasteiger partial charge < -0.3 is 5.73 Å². The molecule has 1 aliphatic rings. The number of nitrogens with two attached hydrogens (primary N) is 1. The molecule has 1 fully saturated rings. The molecule has 0 saturated heterocycles. The van der Waals surface area contributed by atoms with Gasteiger partial charge in [-0.1, -0.05) is 25.7 Å². The van der Waals surface area contributed by atoms with E-state index in [9.17, 15) is 0 Å². The third-order valence-electron chi connectivity index (χ3n) is 3.80. The van der Waals surface area contributed by atoms with Crippen LogP contribution in [0.25, 0.3) is 0 Å². The van der Waals surface area contributed by atoms with Gasteiger partial charge in [-0.2, -0.15) is 11.3 Å². The number of hydrogen-bond donors (Lipinski definition) is 1. The molecule has 1 aliphatic carbocycles. The van der Waals surface area contributed by atoms with Crippen LogP contribution in [-0.2, 0) is 6.42 Å². The van der Waals surface area contributed by atoms with E-state index in [2.05, 4.69) is 16.8 Å². The van der Waals surface area contributed by atoms with Crippen LogP contribution in [-0.4, -0.2) is 6.04 Å². The van der Waals surface area contributed by atoms with E-state index >= 15 is 0 Å². The van der Waals surface area contributed by atoms with Crippen LogP contribution in [0.1, 0.15) is 50.5 Å². The second-order valence-corrected chi connectivity index (χ2v) is 5.94. The van der Waals surface area contributed by atoms with Crippen molar-refractivity contribution in [2.24, 2.45) is 11.7 Å². The molecule has 1 heterocycles. The summed E-state index contributed by atoms with van der Waals surface area (Å²) in [6.07, 6.45) is 10.7. The maximum atomic E-state index is 6.17. The highest BCUT2D eigenvalue weighted by molar-refractivity contribution is 7.07. The van der Waals surface area contributed by atoms with Crippen LogP contribution in [0, 0.1) is 5.92 Å². The van der Waals surface area contributed by atoms with Gasteiger partial charge in [-0.15, -0.1) is 0 Å². The van der Waals surface area contributed by atoms with Crippen molar-refractivity contribution in [3.8, 4) is 0 Å². The van der Waals surface area contributed by atoms with E-state index in [0.29, 0.717) is 6.04 Å². The van der Waals surface area contributed by atoms with Gasteiger partial charge in [0.25, 0.3) is 0 Å². The maximum Gasteiger partial charge on any atom is 0.00421 e. The number of aryl methyl sites for hydroxylation is 1. The summed E-state index contributed by atoms with van der Waals surface area (Å²) in [4.78, 5) is 0. The highest BCUT2D eigenvalue weighted by Gasteiger charge is 2.15. The van der Waals surface area contributed by atoms with Crippen molar-refractivity contribution in [3.05, 3.63) is 22.4 Å². The monoisotopic (exact) mass is 237 g/mol. The van der Waals surface area contributed by atoms with Gasteiger partial charge in [0.1, 0.15) is 0 Å². The molecule has 16 heavy (non-hydrogen) atoms. The fourth-order valence-corrected chi connectivity index (χ4v) is 3.38. The Morgan fingerprint density at radius 3 is 2.81 bits per heavy atom. The normalized spacial score (nSPS) is 19.1. The molecular weight excluding hydrogens is 214 g/mol. The lowest BCUT2D eigenvalue weighted by Gasteiger charge is -2.14. The molecule has 0 aromatic carbocycles. The lowest BCUT2D eigenvalue weighted by Crippen LogP contribution is -2.21. The Labute approximate surface area is 103 Å². The van der Waals surface area contributed by atoms with E-state index in [-0.39, 0.29) is 0 Å². The van der Waals surface area contributed by atoms with Crippen molar-refractivity contribution in [2.75, 3.05) is 0 Å². The van der Waals surface area contributed by atoms with E-state index in [1.165, 1.54) is 44.1 Å². The molecule has 90 valence electrons. The van der Waals surface area contributed by atoms with Gasteiger partial charge in [-0.05, 0) is 54.0 Å². The molecule has 1 aromatic rings. The second-order valence-electron chi connectivity index (χ2n) is 5.16. The average Bonchev–Trinajstić information content (AvgIpc) is 2.96. The van der Waals surface area contributed by atoms with Gasteiger partial charge in [0, 0.05) is 6.04 Å². The quantitative estimate of drug-likeness (QED) is 0.795. The third kappa shape index (κ3) is 3.91. The van der Waals surface area contributed by atoms with Gasteiger partial charge >= 0.3 is 0 Å². The first-order valence-corrected chi connectivity index (χ1v) is 7.55. The van der Waals surface area contributed by atoms with E-state index < -0.39 is 0 Å². The summed E-state index contributed by atoms with van der Waals surface area (Å²) in [6.45, 7) is 0. The Morgan fingerprint density at radius 2 is 2.12 bits per heavy atom. The Morgan fingerprint density at radius 1 is 1.31 bits per heavy atom. The number of thiophene rings is 1. The molecule has 2 N–H and O–H groups in total. The zero-order chi connectivity index (χ0) is 11.2. The highest BCUT2D eigenvalue weighted by Crippen LogP contribution is 2.29. The Hall–Kier alpha value is -0.340. The van der Waals surface area contributed by atoms with Crippen molar-refractivity contribution >= 4 is 11.3 Å². The SMILES string of the molecule is NC(CCc1ccsc1)CCC1CCCC1. The summed E-state index contributed by atoms with van der Waals surface area (Å²) in [6, 6.07) is 2.63. The minimum atomic E-state index is 0.417. The first-order chi connectivity index (χ1) is 7.84. The van der Waals surface area contributed by atoms with Crippen LogP contribution in [0.4, 0.5) is 0 Å². The highest BCUT2D eigenvalue weighted by atomic mass is 32.1. The molecule has 0 radical (unpaired) electrons. The molecular formula is C14H23NS. The molecule has 1 saturated carbocycles. The molecule has 1 aromatic heterocycles. The standard InChI is InChI=1S/C14H23NS/c15-14(7-5-12-3-1-2-4-12)8-6-13-9-10-16-11-13/h9-12,14H,1-8,15H2. The Balaban J connectivity index is 1.58.